The van der Waals surface area contributed by atoms with Crippen molar-refractivity contribution >= 4 is 11.9 Å². The molecule has 4 aliphatic rings. The van der Waals surface area contributed by atoms with Gasteiger partial charge in [-0.3, -0.25) is 9.59 Å². The molecule has 136 valence electrons. The number of furan rings is 1. The summed E-state index contributed by atoms with van der Waals surface area (Å²) in [5.74, 6) is 1.81. The number of rotatable bonds is 6. The molecule has 4 aliphatic carbocycles. The van der Waals surface area contributed by atoms with Crippen molar-refractivity contribution in [1.29, 1.82) is 0 Å². The lowest BCUT2D eigenvalue weighted by atomic mass is 9.49. The summed E-state index contributed by atoms with van der Waals surface area (Å²) in [5, 5.41) is 12.0. The van der Waals surface area contributed by atoms with E-state index in [1.165, 1.54) is 44.8 Å². The summed E-state index contributed by atoms with van der Waals surface area (Å²) in [6.45, 7) is 2.45. The summed E-state index contributed by atoms with van der Waals surface area (Å²) in [7, 11) is 0. The van der Waals surface area contributed by atoms with E-state index in [1.807, 2.05) is 0 Å². The van der Waals surface area contributed by atoms with Gasteiger partial charge in [-0.15, -0.1) is 0 Å². The Morgan fingerprint density at radius 1 is 1.20 bits per heavy atom. The van der Waals surface area contributed by atoms with E-state index in [4.69, 9.17) is 9.52 Å². The van der Waals surface area contributed by atoms with Gasteiger partial charge in [0.2, 0.25) is 0 Å². The average molecular weight is 345 g/mol. The number of aliphatic carboxylic acids is 1. The van der Waals surface area contributed by atoms with Crippen LogP contribution in [0.2, 0.25) is 0 Å². The molecule has 0 radical (unpaired) electrons. The molecule has 5 nitrogen and oxygen atoms in total. The maximum Gasteiger partial charge on any atom is 0.311 e. The first-order valence-corrected chi connectivity index (χ1v) is 9.51. The monoisotopic (exact) mass is 345 g/mol. The lowest BCUT2D eigenvalue weighted by Crippen LogP contribution is -2.47. The number of hydrogen-bond acceptors (Lipinski definition) is 3. The van der Waals surface area contributed by atoms with Crippen molar-refractivity contribution in [3.8, 4) is 0 Å². The molecule has 1 aromatic heterocycles. The van der Waals surface area contributed by atoms with Crippen molar-refractivity contribution in [2.45, 2.75) is 58.3 Å². The second kappa shape index (κ2) is 6.19. The maximum absolute atomic E-state index is 12.6. The van der Waals surface area contributed by atoms with Crippen molar-refractivity contribution in [2.24, 2.45) is 23.2 Å². The van der Waals surface area contributed by atoms with Crippen LogP contribution in [0.5, 0.6) is 0 Å². The van der Waals surface area contributed by atoms with Crippen LogP contribution in [-0.4, -0.2) is 23.5 Å². The smallest absolute Gasteiger partial charge is 0.311 e. The molecule has 0 spiro atoms. The van der Waals surface area contributed by atoms with Gasteiger partial charge in [0, 0.05) is 12.1 Å². The van der Waals surface area contributed by atoms with Crippen molar-refractivity contribution in [1.82, 2.24) is 5.32 Å². The summed E-state index contributed by atoms with van der Waals surface area (Å²) in [5.41, 5.74) is 1.54. The van der Waals surface area contributed by atoms with Crippen LogP contribution >= 0.6 is 0 Å². The van der Waals surface area contributed by atoms with Gasteiger partial charge in [-0.1, -0.05) is 0 Å². The Morgan fingerprint density at radius 3 is 2.36 bits per heavy atom. The minimum absolute atomic E-state index is 0.202. The van der Waals surface area contributed by atoms with Crippen LogP contribution in [0.3, 0.4) is 0 Å². The Morgan fingerprint density at radius 2 is 1.80 bits per heavy atom. The molecule has 0 aliphatic heterocycles. The molecule has 1 heterocycles. The van der Waals surface area contributed by atoms with Gasteiger partial charge in [-0.05, 0) is 75.0 Å². The first-order valence-electron chi connectivity index (χ1n) is 9.51. The molecule has 0 saturated heterocycles. The van der Waals surface area contributed by atoms with E-state index in [2.05, 4.69) is 5.32 Å². The Kier molecular flexibility index (Phi) is 4.13. The summed E-state index contributed by atoms with van der Waals surface area (Å²) in [4.78, 5) is 23.5. The minimum Gasteiger partial charge on any atom is -0.481 e. The first kappa shape index (κ1) is 16.7. The van der Waals surface area contributed by atoms with Crippen molar-refractivity contribution in [3.63, 3.8) is 0 Å². The van der Waals surface area contributed by atoms with Gasteiger partial charge in [0.1, 0.15) is 12.2 Å². The fourth-order valence-corrected chi connectivity index (χ4v) is 6.20. The van der Waals surface area contributed by atoms with Gasteiger partial charge < -0.3 is 14.8 Å². The van der Waals surface area contributed by atoms with Crippen LogP contribution in [-0.2, 0) is 11.2 Å². The standard InChI is InChI=1S/C20H27NO4/c1-12-11-25-16(7-17(22)23)18(12)19(24)21-3-2-20-8-13-4-14(9-20)6-15(5-13)10-20/h11,13-15H,2-10H2,1H3,(H,21,24)(H,22,23). The zero-order valence-electron chi connectivity index (χ0n) is 14.8. The molecule has 0 aromatic carbocycles. The topological polar surface area (TPSA) is 79.5 Å². The van der Waals surface area contributed by atoms with E-state index in [1.54, 1.807) is 6.92 Å². The predicted molar refractivity (Wildman–Crippen MR) is 92.3 cm³/mol. The number of hydrogen-bond donors (Lipinski definition) is 2. The van der Waals surface area contributed by atoms with Gasteiger partial charge >= 0.3 is 5.97 Å². The molecule has 1 amide bonds. The molecule has 5 rings (SSSR count). The van der Waals surface area contributed by atoms with E-state index in [0.29, 0.717) is 23.1 Å². The fraction of sp³-hybridized carbons (Fsp3) is 0.700. The Labute approximate surface area is 148 Å². The number of amides is 1. The molecular weight excluding hydrogens is 318 g/mol. The highest BCUT2D eigenvalue weighted by molar-refractivity contribution is 5.97. The van der Waals surface area contributed by atoms with Crippen LogP contribution in [0.1, 0.15) is 66.6 Å². The van der Waals surface area contributed by atoms with E-state index >= 15 is 0 Å². The second-order valence-corrected chi connectivity index (χ2v) is 8.71. The van der Waals surface area contributed by atoms with Crippen LogP contribution in [0.25, 0.3) is 0 Å². The summed E-state index contributed by atoms with van der Waals surface area (Å²) in [6.07, 6.45) is 10.6. The number of aryl methyl sites for hydroxylation is 1. The second-order valence-electron chi connectivity index (χ2n) is 8.71. The predicted octanol–water partition coefficient (Wildman–Crippen LogP) is 3.55. The van der Waals surface area contributed by atoms with E-state index < -0.39 is 5.97 Å². The normalized spacial score (nSPS) is 32.8. The van der Waals surface area contributed by atoms with Gasteiger partial charge in [0.15, 0.2) is 0 Å². The molecule has 0 atom stereocenters. The van der Waals surface area contributed by atoms with Crippen molar-refractivity contribution < 1.29 is 19.1 Å². The van der Waals surface area contributed by atoms with Gasteiger partial charge in [0.05, 0.1) is 11.8 Å². The molecule has 25 heavy (non-hydrogen) atoms. The van der Waals surface area contributed by atoms with Gasteiger partial charge in [-0.25, -0.2) is 0 Å². The summed E-state index contributed by atoms with van der Waals surface area (Å²) in [6, 6.07) is 0. The Bertz CT molecular complexity index is 655. The number of nitrogens with one attached hydrogen (secondary N) is 1. The largest absolute Gasteiger partial charge is 0.481 e. The molecule has 5 heteroatoms. The van der Waals surface area contributed by atoms with Gasteiger partial charge in [0.25, 0.3) is 5.91 Å². The molecule has 4 bridgehead atoms. The van der Waals surface area contributed by atoms with E-state index in [-0.39, 0.29) is 18.1 Å². The van der Waals surface area contributed by atoms with Crippen molar-refractivity contribution in [2.75, 3.05) is 6.54 Å². The SMILES string of the molecule is Cc1coc(CC(=O)O)c1C(=O)NCCC12CC3CC(CC(C3)C1)C2. The maximum atomic E-state index is 12.6. The summed E-state index contributed by atoms with van der Waals surface area (Å²) >= 11 is 0. The summed E-state index contributed by atoms with van der Waals surface area (Å²) < 4.78 is 5.27. The van der Waals surface area contributed by atoms with Crippen LogP contribution < -0.4 is 5.32 Å². The van der Waals surface area contributed by atoms with Gasteiger partial charge in [-0.2, -0.15) is 0 Å². The highest BCUT2D eigenvalue weighted by Gasteiger charge is 2.50. The quantitative estimate of drug-likeness (QED) is 0.826. The van der Waals surface area contributed by atoms with E-state index in [9.17, 15) is 9.59 Å². The minimum atomic E-state index is -0.989. The van der Waals surface area contributed by atoms with Crippen LogP contribution in [0, 0.1) is 30.1 Å². The van der Waals surface area contributed by atoms with Crippen LogP contribution in [0.15, 0.2) is 10.7 Å². The average Bonchev–Trinajstić information content (AvgIpc) is 2.85. The molecule has 0 unspecified atom stereocenters. The van der Waals surface area contributed by atoms with Crippen molar-refractivity contribution in [3.05, 3.63) is 23.2 Å². The Hall–Kier alpha value is -1.78. The molecule has 4 saturated carbocycles. The highest BCUT2D eigenvalue weighted by Crippen LogP contribution is 2.61. The van der Waals surface area contributed by atoms with Crippen LogP contribution in [0.4, 0.5) is 0 Å². The fourth-order valence-electron chi connectivity index (χ4n) is 6.20. The third kappa shape index (κ3) is 3.21. The number of carboxylic acid groups (broad SMARTS) is 1. The number of carbonyl (C=O) groups excluding carboxylic acids is 1. The third-order valence-electron chi connectivity index (χ3n) is 6.70. The Balaban J connectivity index is 1.37. The molecular formula is C20H27NO4. The zero-order chi connectivity index (χ0) is 17.6. The lowest BCUT2D eigenvalue weighted by molar-refractivity contribution is -0.136. The first-order chi connectivity index (χ1) is 11.9. The number of carbonyl (C=O) groups is 2. The zero-order valence-corrected chi connectivity index (χ0v) is 14.8. The lowest BCUT2D eigenvalue weighted by Gasteiger charge is -2.57. The molecule has 2 N–H and O–H groups in total. The number of carboxylic acids is 1. The van der Waals surface area contributed by atoms with E-state index in [0.717, 1.165) is 24.2 Å². The molecule has 4 fully saturated rings. The third-order valence-corrected chi connectivity index (χ3v) is 6.70. The molecule has 1 aromatic rings. The highest BCUT2D eigenvalue weighted by atomic mass is 16.4.